The van der Waals surface area contributed by atoms with E-state index in [9.17, 15) is 18.0 Å². The third-order valence-corrected chi connectivity index (χ3v) is 3.43. The molecule has 1 aliphatic carbocycles. The summed E-state index contributed by atoms with van der Waals surface area (Å²) >= 11 is 0. The summed E-state index contributed by atoms with van der Waals surface area (Å²) in [6.45, 7) is 0. The predicted octanol–water partition coefficient (Wildman–Crippen LogP) is 0.719. The standard InChI is InChI=1S/C14H8O5S.K.H/c15-13-8-4-1-2-5-9(8)14(16)12-10(13)6-3-7-11(12)19-20(17)18;;/h1-7,20H;;. The summed E-state index contributed by atoms with van der Waals surface area (Å²) in [5, 5.41) is 0. The maximum atomic E-state index is 12.4. The van der Waals surface area contributed by atoms with Gasteiger partial charge in [-0.2, -0.15) is 8.42 Å². The third kappa shape index (κ3) is 2.90. The molecular formula is C14H9KO5S. The van der Waals surface area contributed by atoms with Crippen molar-refractivity contribution in [3.63, 3.8) is 0 Å². The van der Waals surface area contributed by atoms with Gasteiger partial charge in [-0.05, 0) is 6.07 Å². The normalized spacial score (nSPS) is 12.4. The number of rotatable bonds is 2. The third-order valence-electron chi connectivity index (χ3n) is 3.09. The first-order chi connectivity index (χ1) is 9.59. The number of thiol groups is 1. The van der Waals surface area contributed by atoms with Gasteiger partial charge in [0.25, 0.3) is 11.0 Å². The van der Waals surface area contributed by atoms with Gasteiger partial charge >= 0.3 is 51.4 Å². The Morgan fingerprint density at radius 1 is 0.762 bits per heavy atom. The summed E-state index contributed by atoms with van der Waals surface area (Å²) in [5.41, 5.74) is 0.717. The number of benzene rings is 2. The van der Waals surface area contributed by atoms with Gasteiger partial charge in [0, 0.05) is 16.7 Å². The number of hydrogen-bond donors (Lipinski definition) is 1. The van der Waals surface area contributed by atoms with E-state index in [4.69, 9.17) is 0 Å². The molecule has 0 saturated carbocycles. The van der Waals surface area contributed by atoms with Crippen molar-refractivity contribution in [2.75, 3.05) is 0 Å². The van der Waals surface area contributed by atoms with Crippen molar-refractivity contribution in [1.82, 2.24) is 0 Å². The van der Waals surface area contributed by atoms with Gasteiger partial charge in [-0.25, -0.2) is 0 Å². The Morgan fingerprint density at radius 3 is 1.95 bits per heavy atom. The van der Waals surface area contributed by atoms with Crippen LogP contribution in [0.4, 0.5) is 0 Å². The van der Waals surface area contributed by atoms with E-state index in [0.29, 0.717) is 5.56 Å². The fourth-order valence-corrected chi connectivity index (χ4v) is 2.58. The molecule has 0 N–H and O–H groups in total. The monoisotopic (exact) mass is 328 g/mol. The molecule has 3 rings (SSSR count). The molecule has 5 nitrogen and oxygen atoms in total. The molecule has 1 aliphatic rings. The molecule has 0 atom stereocenters. The summed E-state index contributed by atoms with van der Waals surface area (Å²) in [6.07, 6.45) is 0. The molecule has 0 radical (unpaired) electrons. The molecular weight excluding hydrogens is 319 g/mol. The molecule has 2 aromatic carbocycles. The van der Waals surface area contributed by atoms with Gasteiger partial charge in [-0.3, -0.25) is 9.59 Å². The van der Waals surface area contributed by atoms with Gasteiger partial charge in [0.2, 0.25) is 0 Å². The van der Waals surface area contributed by atoms with Crippen molar-refractivity contribution < 1.29 is 22.2 Å². The van der Waals surface area contributed by atoms with Crippen LogP contribution < -0.4 is 4.18 Å². The summed E-state index contributed by atoms with van der Waals surface area (Å²) < 4.78 is 26.0. The van der Waals surface area contributed by atoms with Crippen molar-refractivity contribution in [3.8, 4) is 5.75 Å². The van der Waals surface area contributed by atoms with Crippen LogP contribution in [-0.2, 0) is 11.0 Å². The van der Waals surface area contributed by atoms with E-state index in [2.05, 4.69) is 4.18 Å². The van der Waals surface area contributed by atoms with Crippen LogP contribution >= 0.6 is 0 Å². The fourth-order valence-electron chi connectivity index (χ4n) is 2.27. The Labute approximate surface area is 164 Å². The zero-order valence-electron chi connectivity index (χ0n) is 10.0. The van der Waals surface area contributed by atoms with Crippen molar-refractivity contribution in [3.05, 3.63) is 64.7 Å². The Morgan fingerprint density at radius 2 is 1.33 bits per heavy atom. The molecule has 21 heavy (non-hydrogen) atoms. The number of fused-ring (bicyclic) bond motifs is 2. The van der Waals surface area contributed by atoms with E-state index in [1.165, 1.54) is 24.3 Å². The summed E-state index contributed by atoms with van der Waals surface area (Å²) in [6, 6.07) is 10.7. The summed E-state index contributed by atoms with van der Waals surface area (Å²) in [4.78, 5) is 24.8. The van der Waals surface area contributed by atoms with E-state index >= 15 is 0 Å². The molecule has 0 bridgehead atoms. The number of carbonyl (C=O) groups excluding carboxylic acids is 2. The Balaban J connectivity index is 0.00000161. The number of ketones is 2. The van der Waals surface area contributed by atoms with Gasteiger partial charge in [0.1, 0.15) is 0 Å². The van der Waals surface area contributed by atoms with E-state index in [0.717, 1.165) is 0 Å². The summed E-state index contributed by atoms with van der Waals surface area (Å²) in [5.74, 6) is -0.851. The minimum atomic E-state index is -3.16. The Kier molecular flexibility index (Phi) is 5.13. The van der Waals surface area contributed by atoms with Gasteiger partial charge < -0.3 is 4.18 Å². The average molecular weight is 328 g/mol. The van der Waals surface area contributed by atoms with Gasteiger partial charge in [0.15, 0.2) is 17.3 Å². The molecule has 102 valence electrons. The van der Waals surface area contributed by atoms with E-state index in [1.54, 1.807) is 18.2 Å². The SMILES string of the molecule is O=C1c2ccccc2C(=O)c2c(O[SH](=O)=O)cccc21.[KH]. The number of hydrogen-bond acceptors (Lipinski definition) is 5. The first-order valence-corrected chi connectivity index (χ1v) is 6.83. The van der Waals surface area contributed by atoms with Gasteiger partial charge in [0.05, 0.1) is 5.56 Å². The van der Waals surface area contributed by atoms with E-state index in [1.807, 2.05) is 0 Å². The van der Waals surface area contributed by atoms with Crippen LogP contribution in [0.5, 0.6) is 5.75 Å². The van der Waals surface area contributed by atoms with E-state index in [-0.39, 0.29) is 79.6 Å². The van der Waals surface area contributed by atoms with Crippen molar-refractivity contribution in [1.29, 1.82) is 0 Å². The summed E-state index contributed by atoms with van der Waals surface area (Å²) in [7, 11) is -3.16. The van der Waals surface area contributed by atoms with Crippen molar-refractivity contribution in [2.45, 2.75) is 0 Å². The van der Waals surface area contributed by atoms with Crippen molar-refractivity contribution in [2.24, 2.45) is 0 Å². The van der Waals surface area contributed by atoms with Crippen LogP contribution in [0.15, 0.2) is 42.5 Å². The van der Waals surface area contributed by atoms with Gasteiger partial charge in [-0.1, -0.05) is 36.4 Å². The van der Waals surface area contributed by atoms with Crippen LogP contribution in [0.3, 0.4) is 0 Å². The van der Waals surface area contributed by atoms with E-state index < -0.39 is 16.8 Å². The Bertz CT molecular complexity index is 818. The maximum absolute atomic E-state index is 12.4. The molecule has 7 heteroatoms. The zero-order valence-corrected chi connectivity index (χ0v) is 10.9. The molecule has 0 unspecified atom stereocenters. The molecule has 2 aromatic rings. The topological polar surface area (TPSA) is 77.5 Å². The molecule has 0 heterocycles. The Hall–Kier alpha value is -0.834. The molecule has 0 spiro atoms. The predicted molar refractivity (Wildman–Crippen MR) is 77.8 cm³/mol. The zero-order chi connectivity index (χ0) is 14.3. The minimum absolute atomic E-state index is 0. The first-order valence-electron chi connectivity index (χ1n) is 5.73. The average Bonchev–Trinajstić information content (AvgIpc) is 2.44. The molecule has 0 aromatic heterocycles. The van der Waals surface area contributed by atoms with Crippen LogP contribution in [0.2, 0.25) is 0 Å². The first kappa shape index (κ1) is 16.5. The second-order valence-corrected chi connectivity index (χ2v) is 4.83. The molecule has 0 saturated heterocycles. The van der Waals surface area contributed by atoms with Crippen LogP contribution in [0.1, 0.15) is 31.8 Å². The van der Waals surface area contributed by atoms with Crippen LogP contribution in [0.25, 0.3) is 0 Å². The second-order valence-electron chi connectivity index (χ2n) is 4.20. The fraction of sp³-hybridized carbons (Fsp3) is 0. The quantitative estimate of drug-likeness (QED) is 0.554. The second kappa shape index (κ2) is 6.51. The molecule has 0 amide bonds. The molecule has 0 aliphatic heterocycles. The molecule has 0 fully saturated rings. The van der Waals surface area contributed by atoms with Crippen molar-refractivity contribution >= 4 is 73.9 Å². The van der Waals surface area contributed by atoms with Gasteiger partial charge in [-0.15, -0.1) is 0 Å². The number of carbonyl (C=O) groups is 2. The van der Waals surface area contributed by atoms with Crippen LogP contribution in [-0.4, -0.2) is 71.4 Å². The van der Waals surface area contributed by atoms with Crippen LogP contribution in [0, 0.1) is 0 Å².